The maximum absolute atomic E-state index is 13.2. The zero-order chi connectivity index (χ0) is 18.2. The van der Waals surface area contributed by atoms with Crippen molar-refractivity contribution >= 4 is 9.84 Å². The number of hydrogen-bond acceptors (Lipinski definition) is 4. The third kappa shape index (κ3) is 2.90. The Morgan fingerprint density at radius 1 is 0.960 bits per heavy atom. The highest BCUT2D eigenvalue weighted by Crippen LogP contribution is 2.62. The quantitative estimate of drug-likeness (QED) is 0.830. The summed E-state index contributed by atoms with van der Waals surface area (Å²) >= 11 is 0. The second-order valence-electron chi connectivity index (χ2n) is 6.99. The largest absolute Gasteiger partial charge is 0.330 e. The molecule has 0 saturated heterocycles. The fraction of sp³-hybridized carbons (Fsp3) is 0.400. The number of nitrogens with two attached hydrogens (primary N) is 2. The van der Waals surface area contributed by atoms with Crippen LogP contribution in [0.1, 0.15) is 29.5 Å². The van der Waals surface area contributed by atoms with E-state index < -0.39 is 20.5 Å². The summed E-state index contributed by atoms with van der Waals surface area (Å²) in [6.45, 7) is 4.56. The number of rotatable bonds is 6. The van der Waals surface area contributed by atoms with E-state index in [9.17, 15) is 8.42 Å². The van der Waals surface area contributed by atoms with Gasteiger partial charge in [-0.25, -0.2) is 8.42 Å². The van der Waals surface area contributed by atoms with Crippen LogP contribution in [-0.2, 0) is 16.3 Å². The van der Waals surface area contributed by atoms with E-state index in [4.69, 9.17) is 11.5 Å². The topological polar surface area (TPSA) is 86.2 Å². The molecule has 0 amide bonds. The molecule has 0 radical (unpaired) electrons. The van der Waals surface area contributed by atoms with Crippen LogP contribution in [0, 0.1) is 12.3 Å². The standard InChI is InChI=1S/C20H26N2O2S/c1-3-15-6-8-16(9-7-15)18-19(20(18,12-21)13-22)25(23,24)17-10-4-14(2)5-11-17/h4-11,18-19H,3,12-13,21-22H2,1-2H3/t18-,19+/m1/s1. The summed E-state index contributed by atoms with van der Waals surface area (Å²) in [4.78, 5) is 0.349. The Morgan fingerprint density at radius 3 is 2.00 bits per heavy atom. The molecule has 2 atom stereocenters. The van der Waals surface area contributed by atoms with Crippen LogP contribution in [0.4, 0.5) is 0 Å². The first-order valence-electron chi connectivity index (χ1n) is 8.70. The SMILES string of the molecule is CCc1ccc([C@@H]2[C@H](S(=O)(=O)c3ccc(C)cc3)C2(CN)CN)cc1. The van der Waals surface area contributed by atoms with Crippen molar-refractivity contribution in [1.29, 1.82) is 0 Å². The Balaban J connectivity index is 2.02. The lowest BCUT2D eigenvalue weighted by molar-refractivity contribution is 0.510. The van der Waals surface area contributed by atoms with Gasteiger partial charge in [0.25, 0.3) is 0 Å². The van der Waals surface area contributed by atoms with Gasteiger partial charge in [-0.1, -0.05) is 48.9 Å². The van der Waals surface area contributed by atoms with Crippen molar-refractivity contribution in [3.05, 3.63) is 65.2 Å². The fourth-order valence-corrected chi connectivity index (χ4v) is 6.33. The van der Waals surface area contributed by atoms with Crippen LogP contribution >= 0.6 is 0 Å². The van der Waals surface area contributed by atoms with Crippen LogP contribution < -0.4 is 11.5 Å². The molecule has 4 N–H and O–H groups in total. The van der Waals surface area contributed by atoms with Crippen molar-refractivity contribution in [3.63, 3.8) is 0 Å². The minimum atomic E-state index is -3.49. The first kappa shape index (κ1) is 18.1. The minimum absolute atomic E-state index is 0.153. The highest BCUT2D eigenvalue weighted by atomic mass is 32.2. The van der Waals surface area contributed by atoms with E-state index in [1.165, 1.54) is 5.56 Å². The first-order valence-corrected chi connectivity index (χ1v) is 10.2. The molecule has 3 rings (SSSR count). The van der Waals surface area contributed by atoms with Gasteiger partial charge in [-0.15, -0.1) is 0 Å². The van der Waals surface area contributed by atoms with Gasteiger partial charge in [-0.3, -0.25) is 0 Å². The molecule has 5 heteroatoms. The molecule has 2 aromatic rings. The van der Waals surface area contributed by atoms with E-state index in [1.807, 2.05) is 31.2 Å². The number of sulfone groups is 1. The van der Waals surface area contributed by atoms with E-state index in [0.717, 1.165) is 17.5 Å². The molecule has 1 aliphatic carbocycles. The molecule has 0 aliphatic heterocycles. The van der Waals surface area contributed by atoms with Crippen LogP contribution in [0.25, 0.3) is 0 Å². The van der Waals surface area contributed by atoms with Gasteiger partial charge >= 0.3 is 0 Å². The van der Waals surface area contributed by atoms with Gasteiger partial charge < -0.3 is 11.5 Å². The summed E-state index contributed by atoms with van der Waals surface area (Å²) in [6.07, 6.45) is 0.953. The third-order valence-corrected chi connectivity index (χ3v) is 7.91. The first-order chi connectivity index (χ1) is 11.9. The van der Waals surface area contributed by atoms with Crippen LogP contribution in [0.5, 0.6) is 0 Å². The molecule has 1 aliphatic rings. The van der Waals surface area contributed by atoms with Crippen LogP contribution in [0.2, 0.25) is 0 Å². The third-order valence-electron chi connectivity index (χ3n) is 5.57. The summed E-state index contributed by atoms with van der Waals surface area (Å²) in [5.41, 5.74) is 14.7. The summed E-state index contributed by atoms with van der Waals surface area (Å²) in [6, 6.07) is 15.2. The molecule has 4 nitrogen and oxygen atoms in total. The molecule has 0 bridgehead atoms. The second-order valence-corrected chi connectivity index (χ2v) is 9.06. The summed E-state index contributed by atoms with van der Waals surface area (Å²) in [5, 5.41) is -0.565. The predicted octanol–water partition coefficient (Wildman–Crippen LogP) is 2.40. The lowest BCUT2D eigenvalue weighted by Gasteiger charge is -2.13. The molecular formula is C20H26N2O2S. The molecule has 0 heterocycles. The van der Waals surface area contributed by atoms with Crippen LogP contribution in [0.15, 0.2) is 53.4 Å². The molecular weight excluding hydrogens is 332 g/mol. The van der Waals surface area contributed by atoms with Crippen molar-refractivity contribution in [2.24, 2.45) is 16.9 Å². The van der Waals surface area contributed by atoms with Crippen molar-refractivity contribution in [3.8, 4) is 0 Å². The highest BCUT2D eigenvalue weighted by molar-refractivity contribution is 7.92. The van der Waals surface area contributed by atoms with E-state index in [0.29, 0.717) is 4.90 Å². The average Bonchev–Trinajstić information content (AvgIpc) is 3.33. The highest BCUT2D eigenvalue weighted by Gasteiger charge is 2.69. The smallest absolute Gasteiger partial charge is 0.182 e. The molecule has 0 unspecified atom stereocenters. The molecule has 0 spiro atoms. The fourth-order valence-electron chi connectivity index (χ4n) is 3.85. The van der Waals surface area contributed by atoms with Gasteiger partial charge in [-0.05, 0) is 36.6 Å². The zero-order valence-electron chi connectivity index (χ0n) is 14.8. The lowest BCUT2D eigenvalue weighted by atomic mass is 9.98. The molecule has 1 fully saturated rings. The van der Waals surface area contributed by atoms with Gasteiger partial charge in [0.05, 0.1) is 10.1 Å². The van der Waals surface area contributed by atoms with Crippen molar-refractivity contribution < 1.29 is 8.42 Å². The number of benzene rings is 2. The average molecular weight is 359 g/mol. The predicted molar refractivity (Wildman–Crippen MR) is 101 cm³/mol. The minimum Gasteiger partial charge on any atom is -0.330 e. The number of aryl methyl sites for hydroxylation is 2. The zero-order valence-corrected chi connectivity index (χ0v) is 15.6. The van der Waals surface area contributed by atoms with Crippen molar-refractivity contribution in [2.45, 2.75) is 36.3 Å². The maximum atomic E-state index is 13.2. The monoisotopic (exact) mass is 358 g/mol. The summed E-state index contributed by atoms with van der Waals surface area (Å²) < 4.78 is 26.5. The normalized spacial score (nSPS) is 21.9. The Morgan fingerprint density at radius 2 is 1.52 bits per heavy atom. The van der Waals surface area contributed by atoms with Gasteiger partial charge in [-0.2, -0.15) is 0 Å². The van der Waals surface area contributed by atoms with E-state index in [-0.39, 0.29) is 19.0 Å². The second kappa shape index (κ2) is 6.56. The molecule has 134 valence electrons. The van der Waals surface area contributed by atoms with Gasteiger partial charge in [0.15, 0.2) is 9.84 Å². The summed E-state index contributed by atoms with van der Waals surface area (Å²) in [7, 11) is -3.49. The van der Waals surface area contributed by atoms with Crippen molar-refractivity contribution in [2.75, 3.05) is 13.1 Å². The number of hydrogen-bond donors (Lipinski definition) is 2. The van der Waals surface area contributed by atoms with Crippen LogP contribution in [0.3, 0.4) is 0 Å². The Kier molecular flexibility index (Phi) is 4.75. The molecule has 1 saturated carbocycles. The lowest BCUT2D eigenvalue weighted by Crippen LogP contribution is -2.31. The molecule has 25 heavy (non-hydrogen) atoms. The Labute approximate surface area is 150 Å². The van der Waals surface area contributed by atoms with E-state index in [2.05, 4.69) is 19.1 Å². The Hall–Kier alpha value is -1.69. The van der Waals surface area contributed by atoms with Crippen molar-refractivity contribution in [1.82, 2.24) is 0 Å². The molecule has 0 aromatic heterocycles. The summed E-state index contributed by atoms with van der Waals surface area (Å²) in [5.74, 6) is -0.153. The van der Waals surface area contributed by atoms with Gasteiger partial charge in [0.1, 0.15) is 0 Å². The van der Waals surface area contributed by atoms with Gasteiger partial charge in [0, 0.05) is 24.4 Å². The Bertz CT molecular complexity index is 838. The van der Waals surface area contributed by atoms with E-state index >= 15 is 0 Å². The van der Waals surface area contributed by atoms with E-state index in [1.54, 1.807) is 12.1 Å². The van der Waals surface area contributed by atoms with Crippen LogP contribution in [-0.4, -0.2) is 26.8 Å². The maximum Gasteiger partial charge on any atom is 0.182 e. The van der Waals surface area contributed by atoms with Gasteiger partial charge in [0.2, 0.25) is 0 Å². The molecule has 2 aromatic carbocycles.